The highest BCUT2D eigenvalue weighted by Gasteiger charge is 2.23. The molecular weight excluding hydrogens is 456 g/mol. The Hall–Kier alpha value is -3.78. The molecule has 36 heavy (non-hydrogen) atoms. The molecule has 8 heteroatoms. The van der Waals surface area contributed by atoms with E-state index >= 15 is 0 Å². The molecule has 0 aliphatic heterocycles. The van der Waals surface area contributed by atoms with Gasteiger partial charge in [0, 0.05) is 48.4 Å². The first kappa shape index (κ1) is 23.9. The number of benzene rings is 2. The summed E-state index contributed by atoms with van der Waals surface area (Å²) in [5.41, 5.74) is 3.74. The number of ether oxygens (including phenoxy) is 2. The maximum atomic E-state index is 12.4. The van der Waals surface area contributed by atoms with Crippen LogP contribution in [0.5, 0.6) is 11.5 Å². The molecule has 8 nitrogen and oxygen atoms in total. The van der Waals surface area contributed by atoms with Crippen LogP contribution < -0.4 is 14.8 Å². The smallest absolute Gasteiger partial charge is 0.273 e. The van der Waals surface area contributed by atoms with Crippen LogP contribution in [0.2, 0.25) is 0 Å². The van der Waals surface area contributed by atoms with Crippen LogP contribution in [0.3, 0.4) is 0 Å². The van der Waals surface area contributed by atoms with Crippen molar-refractivity contribution >= 4 is 16.8 Å². The highest BCUT2D eigenvalue weighted by molar-refractivity contribution is 5.91. The van der Waals surface area contributed by atoms with Crippen molar-refractivity contribution in [2.24, 2.45) is 5.92 Å². The summed E-state index contributed by atoms with van der Waals surface area (Å²) < 4.78 is 16.7. The number of H-pyrrole nitrogens is 1. The zero-order valence-corrected chi connectivity index (χ0v) is 20.8. The maximum absolute atomic E-state index is 12.4. The van der Waals surface area contributed by atoms with Crippen LogP contribution in [0.15, 0.2) is 59.3 Å². The topological polar surface area (TPSA) is 92.6 Å². The fourth-order valence-corrected chi connectivity index (χ4v) is 4.38. The van der Waals surface area contributed by atoms with Gasteiger partial charge >= 0.3 is 0 Å². The number of rotatable bonds is 12. The zero-order chi connectivity index (χ0) is 24.9. The summed E-state index contributed by atoms with van der Waals surface area (Å²) in [6, 6.07) is 14.2. The summed E-state index contributed by atoms with van der Waals surface area (Å²) in [7, 11) is 3.30. The molecule has 0 radical (unpaired) electrons. The van der Waals surface area contributed by atoms with Gasteiger partial charge in [-0.25, -0.2) is 4.98 Å². The van der Waals surface area contributed by atoms with E-state index in [-0.39, 0.29) is 5.91 Å². The Morgan fingerprint density at radius 2 is 2.00 bits per heavy atom. The van der Waals surface area contributed by atoms with Gasteiger partial charge in [0.05, 0.1) is 20.8 Å². The van der Waals surface area contributed by atoms with Crippen molar-refractivity contribution in [2.75, 3.05) is 27.3 Å². The highest BCUT2D eigenvalue weighted by atomic mass is 16.5. The van der Waals surface area contributed by atoms with Crippen molar-refractivity contribution in [1.82, 2.24) is 20.2 Å². The number of amides is 1. The largest absolute Gasteiger partial charge is 0.497 e. The van der Waals surface area contributed by atoms with Crippen LogP contribution in [0.1, 0.15) is 40.3 Å². The van der Waals surface area contributed by atoms with Crippen molar-refractivity contribution in [3.05, 3.63) is 77.6 Å². The first-order valence-corrected chi connectivity index (χ1v) is 12.3. The molecular formula is C28H32N4O4. The van der Waals surface area contributed by atoms with Gasteiger partial charge in [0.2, 0.25) is 5.89 Å². The van der Waals surface area contributed by atoms with Crippen LogP contribution in [-0.2, 0) is 19.5 Å². The summed E-state index contributed by atoms with van der Waals surface area (Å²) in [4.78, 5) is 22.5. The molecule has 4 aromatic rings. The van der Waals surface area contributed by atoms with E-state index in [4.69, 9.17) is 13.9 Å². The number of hydrogen-bond donors (Lipinski definition) is 2. The molecule has 2 aromatic carbocycles. The van der Waals surface area contributed by atoms with Gasteiger partial charge in [-0.3, -0.25) is 9.69 Å². The average Bonchev–Trinajstić information content (AvgIpc) is 3.47. The lowest BCUT2D eigenvalue weighted by Crippen LogP contribution is -2.27. The molecule has 1 amide bonds. The third-order valence-electron chi connectivity index (χ3n) is 6.65. The molecule has 1 aliphatic carbocycles. The predicted octanol–water partition coefficient (Wildman–Crippen LogP) is 4.56. The number of aromatic nitrogens is 2. The number of para-hydroxylation sites is 1. The highest BCUT2D eigenvalue weighted by Crippen LogP contribution is 2.28. The average molecular weight is 489 g/mol. The Balaban J connectivity index is 1.32. The first-order chi connectivity index (χ1) is 17.6. The Labute approximate surface area is 210 Å². The van der Waals surface area contributed by atoms with E-state index in [9.17, 15) is 4.79 Å². The minimum atomic E-state index is -0.181. The van der Waals surface area contributed by atoms with Gasteiger partial charge in [-0.1, -0.05) is 24.3 Å². The van der Waals surface area contributed by atoms with Crippen molar-refractivity contribution < 1.29 is 18.7 Å². The van der Waals surface area contributed by atoms with Crippen molar-refractivity contribution in [1.29, 1.82) is 0 Å². The molecule has 0 saturated heterocycles. The third-order valence-corrected chi connectivity index (χ3v) is 6.65. The first-order valence-electron chi connectivity index (χ1n) is 12.3. The fraction of sp³-hybridized carbons (Fsp3) is 0.357. The molecule has 0 bridgehead atoms. The third kappa shape index (κ3) is 5.71. The lowest BCUT2D eigenvalue weighted by atomic mass is 10.1. The number of methoxy groups -OCH3 is 2. The number of oxazole rings is 1. The summed E-state index contributed by atoms with van der Waals surface area (Å²) in [6.45, 7) is 2.56. The van der Waals surface area contributed by atoms with Gasteiger partial charge < -0.3 is 24.2 Å². The second-order valence-electron chi connectivity index (χ2n) is 9.28. The molecule has 0 spiro atoms. The lowest BCUT2D eigenvalue weighted by molar-refractivity contribution is 0.0946. The second kappa shape index (κ2) is 10.9. The van der Waals surface area contributed by atoms with E-state index in [1.54, 1.807) is 14.2 Å². The standard InChI is InChI=1S/C28H32N4O4/c1-34-22-10-9-21(26(13-22)35-2)16-32(12-11-20-15-29-24-6-4-3-5-23(20)24)17-27-31-25(18-36-27)28(33)30-14-19-7-8-19/h3-6,9-10,13,15,18-19,29H,7-8,11-12,14,16-17H2,1-2H3,(H,30,33). The van der Waals surface area contributed by atoms with Gasteiger partial charge in [-0.15, -0.1) is 0 Å². The number of carbonyl (C=O) groups is 1. The van der Waals surface area contributed by atoms with E-state index in [1.807, 2.05) is 24.3 Å². The molecule has 0 atom stereocenters. The summed E-state index contributed by atoms with van der Waals surface area (Å²) in [6.07, 6.45) is 6.74. The van der Waals surface area contributed by atoms with Gasteiger partial charge in [0.1, 0.15) is 17.8 Å². The van der Waals surface area contributed by atoms with Crippen LogP contribution >= 0.6 is 0 Å². The van der Waals surface area contributed by atoms with Crippen LogP contribution in [-0.4, -0.2) is 48.1 Å². The minimum absolute atomic E-state index is 0.181. The Kier molecular flexibility index (Phi) is 7.23. The van der Waals surface area contributed by atoms with Crippen molar-refractivity contribution in [3.63, 3.8) is 0 Å². The number of nitrogens with zero attached hydrogens (tertiary/aromatic N) is 2. The quantitative estimate of drug-likeness (QED) is 0.304. The normalized spacial score (nSPS) is 13.3. The minimum Gasteiger partial charge on any atom is -0.497 e. The van der Waals surface area contributed by atoms with Crippen molar-refractivity contribution in [3.8, 4) is 11.5 Å². The number of hydrogen-bond acceptors (Lipinski definition) is 6. The zero-order valence-electron chi connectivity index (χ0n) is 20.8. The summed E-state index contributed by atoms with van der Waals surface area (Å²) in [5, 5.41) is 4.17. The molecule has 2 aromatic heterocycles. The lowest BCUT2D eigenvalue weighted by Gasteiger charge is -2.22. The summed E-state index contributed by atoms with van der Waals surface area (Å²) >= 11 is 0. The predicted molar refractivity (Wildman–Crippen MR) is 137 cm³/mol. The Morgan fingerprint density at radius 3 is 2.81 bits per heavy atom. The Bertz CT molecular complexity index is 1320. The molecule has 0 unspecified atom stereocenters. The van der Waals surface area contributed by atoms with E-state index in [0.717, 1.165) is 35.5 Å². The molecule has 1 fully saturated rings. The molecule has 2 N–H and O–H groups in total. The molecule has 2 heterocycles. The van der Waals surface area contributed by atoms with Crippen LogP contribution in [0.4, 0.5) is 0 Å². The molecule has 188 valence electrons. The van der Waals surface area contributed by atoms with Crippen LogP contribution in [0.25, 0.3) is 10.9 Å². The maximum Gasteiger partial charge on any atom is 0.273 e. The Morgan fingerprint density at radius 1 is 1.14 bits per heavy atom. The van der Waals surface area contributed by atoms with Gasteiger partial charge in [0.25, 0.3) is 5.91 Å². The monoisotopic (exact) mass is 488 g/mol. The number of nitrogens with one attached hydrogen (secondary N) is 2. The second-order valence-corrected chi connectivity index (χ2v) is 9.28. The van der Waals surface area contributed by atoms with E-state index in [1.165, 1.54) is 30.1 Å². The molecule has 1 saturated carbocycles. The SMILES string of the molecule is COc1ccc(CN(CCc2c[nH]c3ccccc23)Cc2nc(C(=O)NCC3CC3)co2)c(OC)c1. The molecule has 5 rings (SSSR count). The van der Waals surface area contributed by atoms with Gasteiger partial charge in [-0.2, -0.15) is 0 Å². The number of fused-ring (bicyclic) bond motifs is 1. The summed E-state index contributed by atoms with van der Waals surface area (Å²) in [5.74, 6) is 2.45. The van der Waals surface area contributed by atoms with Crippen LogP contribution in [0, 0.1) is 5.92 Å². The van der Waals surface area contributed by atoms with E-state index in [2.05, 4.69) is 44.6 Å². The van der Waals surface area contributed by atoms with E-state index in [0.29, 0.717) is 37.1 Å². The number of aromatic amines is 1. The van der Waals surface area contributed by atoms with E-state index < -0.39 is 0 Å². The molecule has 1 aliphatic rings. The number of carbonyl (C=O) groups excluding carboxylic acids is 1. The van der Waals surface area contributed by atoms with Gasteiger partial charge in [-0.05, 0) is 42.9 Å². The fourth-order valence-electron chi connectivity index (χ4n) is 4.38. The van der Waals surface area contributed by atoms with Gasteiger partial charge in [0.15, 0.2) is 5.69 Å². The van der Waals surface area contributed by atoms with Crippen molar-refractivity contribution in [2.45, 2.75) is 32.4 Å².